The number of nitrogens with one attached hydrogen (secondary N) is 1. The number of nitrogens with zero attached hydrogens (tertiary/aromatic N) is 1. The van der Waals surface area contributed by atoms with Gasteiger partial charge in [0.2, 0.25) is 0 Å². The van der Waals surface area contributed by atoms with E-state index in [1.165, 1.54) is 18.2 Å². The lowest BCUT2D eigenvalue weighted by molar-refractivity contribution is -0.112. The molecule has 0 heterocycles. The van der Waals surface area contributed by atoms with Crippen LogP contribution in [0.3, 0.4) is 0 Å². The molecule has 0 aromatic heterocycles. The fraction of sp³-hybridized carbons (Fsp3) is 0.105. The summed E-state index contributed by atoms with van der Waals surface area (Å²) in [6.07, 6.45) is 1.42. The van der Waals surface area contributed by atoms with Crippen LogP contribution in [0.25, 0.3) is 6.08 Å². The van der Waals surface area contributed by atoms with Gasteiger partial charge in [0, 0.05) is 5.69 Å². The van der Waals surface area contributed by atoms with Crippen molar-refractivity contribution in [2.45, 2.75) is 13.8 Å². The fourth-order valence-electron chi connectivity index (χ4n) is 2.18. The summed E-state index contributed by atoms with van der Waals surface area (Å²) in [4.78, 5) is 23.1. The predicted octanol–water partition coefficient (Wildman–Crippen LogP) is 3.55. The second kappa shape index (κ2) is 7.25. The lowest BCUT2D eigenvalue weighted by Crippen LogP contribution is -2.14. The maximum absolute atomic E-state index is 12.3. The van der Waals surface area contributed by atoms with Crippen LogP contribution >= 0.6 is 0 Å². The Morgan fingerprint density at radius 1 is 1.12 bits per heavy atom. The maximum atomic E-state index is 12.3. The maximum Gasteiger partial charge on any atom is 0.335 e. The number of carboxylic acids is 1. The van der Waals surface area contributed by atoms with Gasteiger partial charge in [-0.25, -0.2) is 4.79 Å². The zero-order chi connectivity index (χ0) is 17.7. The molecule has 2 rings (SSSR count). The molecule has 120 valence electrons. The third-order valence-corrected chi connectivity index (χ3v) is 3.46. The number of carbonyl (C=O) groups is 2. The number of nitriles is 1. The van der Waals surface area contributed by atoms with Crippen molar-refractivity contribution < 1.29 is 14.7 Å². The molecule has 5 heteroatoms. The molecule has 0 unspecified atom stereocenters. The van der Waals surface area contributed by atoms with Crippen LogP contribution in [0.15, 0.2) is 48.0 Å². The molecule has 2 aromatic rings. The van der Waals surface area contributed by atoms with E-state index in [1.807, 2.05) is 32.0 Å². The van der Waals surface area contributed by atoms with Gasteiger partial charge in [-0.2, -0.15) is 5.26 Å². The Morgan fingerprint density at radius 3 is 2.33 bits per heavy atom. The van der Waals surface area contributed by atoms with Crippen molar-refractivity contribution in [1.82, 2.24) is 0 Å². The van der Waals surface area contributed by atoms with Gasteiger partial charge in [-0.3, -0.25) is 4.79 Å². The lowest BCUT2D eigenvalue weighted by Gasteiger charge is -2.08. The minimum absolute atomic E-state index is 0.0574. The molecule has 0 saturated carbocycles. The summed E-state index contributed by atoms with van der Waals surface area (Å²) in [7, 11) is 0. The number of carbonyl (C=O) groups excluding carboxylic acids is 1. The highest BCUT2D eigenvalue weighted by Crippen LogP contribution is 2.17. The number of hydrogen-bond donors (Lipinski definition) is 2. The van der Waals surface area contributed by atoms with Crippen molar-refractivity contribution in [3.05, 3.63) is 70.3 Å². The van der Waals surface area contributed by atoms with Crippen molar-refractivity contribution in [2.24, 2.45) is 0 Å². The largest absolute Gasteiger partial charge is 0.478 e. The highest BCUT2D eigenvalue weighted by molar-refractivity contribution is 6.10. The number of anilines is 1. The first-order valence-electron chi connectivity index (χ1n) is 7.24. The number of amides is 1. The van der Waals surface area contributed by atoms with Crippen LogP contribution in [-0.2, 0) is 4.79 Å². The van der Waals surface area contributed by atoms with Crippen molar-refractivity contribution in [2.75, 3.05) is 5.32 Å². The van der Waals surface area contributed by atoms with Crippen molar-refractivity contribution in [1.29, 1.82) is 5.26 Å². The molecular formula is C19H16N2O3. The van der Waals surface area contributed by atoms with E-state index in [-0.39, 0.29) is 11.1 Å². The summed E-state index contributed by atoms with van der Waals surface area (Å²) in [6, 6.07) is 13.4. The standard InChI is InChI=1S/C19H16N2O3/c1-12-3-8-17(13(2)9-12)21-18(22)16(11-20)10-14-4-6-15(7-5-14)19(23)24/h3-10H,1-2H3,(H,21,22)(H,23,24)/b16-10+. The van der Waals surface area contributed by atoms with Crippen LogP contribution in [0.5, 0.6) is 0 Å². The van der Waals surface area contributed by atoms with Gasteiger partial charge >= 0.3 is 5.97 Å². The fourth-order valence-corrected chi connectivity index (χ4v) is 2.18. The second-order valence-corrected chi connectivity index (χ2v) is 5.37. The van der Waals surface area contributed by atoms with E-state index < -0.39 is 11.9 Å². The van der Waals surface area contributed by atoms with Gasteiger partial charge in [0.25, 0.3) is 5.91 Å². The first-order chi connectivity index (χ1) is 11.4. The monoisotopic (exact) mass is 320 g/mol. The van der Waals surface area contributed by atoms with Gasteiger partial charge in [0.1, 0.15) is 11.6 Å². The molecule has 0 saturated heterocycles. The molecule has 0 aliphatic rings. The van der Waals surface area contributed by atoms with E-state index >= 15 is 0 Å². The Hall–Kier alpha value is -3.39. The molecule has 0 aliphatic carbocycles. The highest BCUT2D eigenvalue weighted by atomic mass is 16.4. The van der Waals surface area contributed by atoms with E-state index in [1.54, 1.807) is 18.2 Å². The minimum Gasteiger partial charge on any atom is -0.478 e. The third-order valence-electron chi connectivity index (χ3n) is 3.46. The molecule has 0 spiro atoms. The summed E-state index contributed by atoms with van der Waals surface area (Å²) < 4.78 is 0. The van der Waals surface area contributed by atoms with Crippen molar-refractivity contribution in [3.63, 3.8) is 0 Å². The summed E-state index contributed by atoms with van der Waals surface area (Å²) in [5, 5.41) is 20.8. The van der Waals surface area contributed by atoms with E-state index in [0.717, 1.165) is 11.1 Å². The Morgan fingerprint density at radius 2 is 1.79 bits per heavy atom. The molecule has 0 radical (unpaired) electrons. The van der Waals surface area contributed by atoms with E-state index in [2.05, 4.69) is 5.32 Å². The SMILES string of the molecule is Cc1ccc(NC(=O)/C(C#N)=C/c2ccc(C(=O)O)cc2)c(C)c1. The Labute approximate surface area is 139 Å². The summed E-state index contributed by atoms with van der Waals surface area (Å²) in [5.74, 6) is -1.54. The quantitative estimate of drug-likeness (QED) is 0.666. The highest BCUT2D eigenvalue weighted by Gasteiger charge is 2.11. The van der Waals surface area contributed by atoms with Crippen molar-refractivity contribution in [3.8, 4) is 6.07 Å². The smallest absolute Gasteiger partial charge is 0.335 e. The predicted molar refractivity (Wildman–Crippen MR) is 91.5 cm³/mol. The Balaban J connectivity index is 2.22. The number of aromatic carboxylic acids is 1. The molecule has 2 aromatic carbocycles. The van der Waals surface area contributed by atoms with Crippen LogP contribution in [0, 0.1) is 25.2 Å². The lowest BCUT2D eigenvalue weighted by atomic mass is 10.1. The number of aryl methyl sites for hydroxylation is 2. The zero-order valence-electron chi connectivity index (χ0n) is 13.3. The molecule has 24 heavy (non-hydrogen) atoms. The van der Waals surface area contributed by atoms with E-state index in [0.29, 0.717) is 11.3 Å². The Bertz CT molecular complexity index is 859. The molecular weight excluding hydrogens is 304 g/mol. The summed E-state index contributed by atoms with van der Waals surface area (Å²) >= 11 is 0. The van der Waals surface area contributed by atoms with Crippen LogP contribution < -0.4 is 5.32 Å². The first kappa shape index (κ1) is 17.0. The molecule has 5 nitrogen and oxygen atoms in total. The van der Waals surface area contributed by atoms with Gasteiger partial charge < -0.3 is 10.4 Å². The van der Waals surface area contributed by atoms with Gasteiger partial charge in [-0.1, -0.05) is 29.8 Å². The number of benzene rings is 2. The Kier molecular flexibility index (Phi) is 5.13. The van der Waals surface area contributed by atoms with E-state index in [4.69, 9.17) is 5.11 Å². The van der Waals surface area contributed by atoms with Gasteiger partial charge in [-0.15, -0.1) is 0 Å². The summed E-state index contributed by atoms with van der Waals surface area (Å²) in [6.45, 7) is 3.84. The molecule has 0 atom stereocenters. The number of carboxylic acid groups (broad SMARTS) is 1. The van der Waals surface area contributed by atoms with Crippen LogP contribution in [0.1, 0.15) is 27.0 Å². The average Bonchev–Trinajstić information content (AvgIpc) is 2.55. The van der Waals surface area contributed by atoms with Gasteiger partial charge in [0.15, 0.2) is 0 Å². The molecule has 0 aliphatic heterocycles. The van der Waals surface area contributed by atoms with Gasteiger partial charge in [0.05, 0.1) is 5.56 Å². The van der Waals surface area contributed by atoms with Crippen LogP contribution in [-0.4, -0.2) is 17.0 Å². The van der Waals surface area contributed by atoms with Gasteiger partial charge in [-0.05, 0) is 49.2 Å². The molecule has 1 amide bonds. The zero-order valence-corrected chi connectivity index (χ0v) is 13.3. The normalized spacial score (nSPS) is 10.8. The summed E-state index contributed by atoms with van der Waals surface area (Å²) in [5.41, 5.74) is 3.30. The van der Waals surface area contributed by atoms with E-state index in [9.17, 15) is 14.9 Å². The number of rotatable bonds is 4. The molecule has 2 N–H and O–H groups in total. The third kappa shape index (κ3) is 4.08. The molecule has 0 fully saturated rings. The average molecular weight is 320 g/mol. The minimum atomic E-state index is -1.03. The molecule has 0 bridgehead atoms. The first-order valence-corrected chi connectivity index (χ1v) is 7.24. The number of hydrogen-bond acceptors (Lipinski definition) is 3. The van der Waals surface area contributed by atoms with Crippen LogP contribution in [0.4, 0.5) is 5.69 Å². The van der Waals surface area contributed by atoms with Crippen molar-refractivity contribution >= 4 is 23.6 Å². The second-order valence-electron chi connectivity index (χ2n) is 5.37. The topological polar surface area (TPSA) is 90.2 Å². The van der Waals surface area contributed by atoms with Crippen LogP contribution in [0.2, 0.25) is 0 Å².